The summed E-state index contributed by atoms with van der Waals surface area (Å²) >= 11 is 0. The third-order valence-electron chi connectivity index (χ3n) is 2.18. The molecule has 5 heteroatoms. The summed E-state index contributed by atoms with van der Waals surface area (Å²) in [4.78, 5) is 11.7. The minimum atomic E-state index is -0.480. The van der Waals surface area contributed by atoms with Crippen molar-refractivity contribution >= 4 is 11.6 Å². The maximum absolute atomic E-state index is 11.7. The molecular weight excluding hydrogens is 230 g/mol. The van der Waals surface area contributed by atoms with Gasteiger partial charge >= 0.3 is 0 Å². The number of hydrogen-bond acceptors (Lipinski definition) is 4. The lowest BCUT2D eigenvalue weighted by molar-refractivity contribution is -0.112. The Morgan fingerprint density at radius 2 is 2.11 bits per heavy atom. The minimum absolute atomic E-state index is 0.0379. The summed E-state index contributed by atoms with van der Waals surface area (Å²) in [5, 5.41) is 22.7. The topological polar surface area (TPSA) is 85.2 Å². The van der Waals surface area contributed by atoms with E-state index >= 15 is 0 Å². The van der Waals surface area contributed by atoms with Crippen molar-refractivity contribution < 1.29 is 9.90 Å². The highest BCUT2D eigenvalue weighted by molar-refractivity contribution is 6.06. The molecule has 0 aromatic heterocycles. The summed E-state index contributed by atoms with van der Waals surface area (Å²) in [6.45, 7) is 2.18. The maximum Gasteiger partial charge on any atom is 0.267 e. The van der Waals surface area contributed by atoms with E-state index in [0.717, 1.165) is 5.56 Å². The minimum Gasteiger partial charge on any atom is -0.395 e. The molecule has 0 saturated heterocycles. The van der Waals surface area contributed by atoms with Gasteiger partial charge in [0.05, 0.1) is 6.61 Å². The standard InChI is InChI=1S/C13H15N3O2/c1-10-2-4-12(5-3-10)16-13(18)11(8-14)9-15-6-7-17/h2-5,9,15,17H,6-7H2,1H3,(H,16,18)/b11-9-. The zero-order chi connectivity index (χ0) is 13.4. The molecule has 3 N–H and O–H groups in total. The van der Waals surface area contributed by atoms with Crippen LogP contribution >= 0.6 is 0 Å². The van der Waals surface area contributed by atoms with Crippen LogP contribution in [0.25, 0.3) is 0 Å². The van der Waals surface area contributed by atoms with Crippen LogP contribution in [0, 0.1) is 18.3 Å². The van der Waals surface area contributed by atoms with Gasteiger partial charge in [-0.2, -0.15) is 5.26 Å². The number of anilines is 1. The van der Waals surface area contributed by atoms with Crippen molar-refractivity contribution in [1.82, 2.24) is 5.32 Å². The van der Waals surface area contributed by atoms with Gasteiger partial charge in [0.25, 0.3) is 5.91 Å². The van der Waals surface area contributed by atoms with E-state index in [1.54, 1.807) is 18.2 Å². The summed E-state index contributed by atoms with van der Waals surface area (Å²) in [5.41, 5.74) is 1.69. The molecule has 0 bridgehead atoms. The molecule has 1 amide bonds. The quantitative estimate of drug-likeness (QED) is 0.409. The number of hydrogen-bond donors (Lipinski definition) is 3. The summed E-state index contributed by atoms with van der Waals surface area (Å²) in [6.07, 6.45) is 1.29. The molecule has 1 rings (SSSR count). The number of aliphatic hydroxyl groups excluding tert-OH is 1. The van der Waals surface area contributed by atoms with E-state index in [2.05, 4.69) is 10.6 Å². The predicted octanol–water partition coefficient (Wildman–Crippen LogP) is 0.923. The number of aryl methyl sites for hydroxylation is 1. The Hall–Kier alpha value is -2.32. The summed E-state index contributed by atoms with van der Waals surface area (Å²) in [6, 6.07) is 9.07. The van der Waals surface area contributed by atoms with Gasteiger partial charge in [-0.1, -0.05) is 17.7 Å². The molecule has 1 aromatic rings. The second kappa shape index (κ2) is 7.09. The SMILES string of the molecule is Cc1ccc(NC(=O)/C(C#N)=C\NCCO)cc1. The molecule has 94 valence electrons. The summed E-state index contributed by atoms with van der Waals surface area (Å²) in [7, 11) is 0. The highest BCUT2D eigenvalue weighted by Gasteiger charge is 2.08. The van der Waals surface area contributed by atoms with Gasteiger partial charge in [-0.05, 0) is 19.1 Å². The third-order valence-corrected chi connectivity index (χ3v) is 2.18. The Kier molecular flexibility index (Phi) is 5.42. The average molecular weight is 245 g/mol. The van der Waals surface area contributed by atoms with Gasteiger partial charge in [0, 0.05) is 18.4 Å². The van der Waals surface area contributed by atoms with Gasteiger partial charge in [-0.25, -0.2) is 0 Å². The van der Waals surface area contributed by atoms with Gasteiger partial charge in [0.1, 0.15) is 11.6 Å². The van der Waals surface area contributed by atoms with Crippen LogP contribution in [0.3, 0.4) is 0 Å². The molecule has 5 nitrogen and oxygen atoms in total. The largest absolute Gasteiger partial charge is 0.395 e. The Bertz CT molecular complexity index is 472. The maximum atomic E-state index is 11.7. The van der Waals surface area contributed by atoms with Crippen molar-refractivity contribution in [1.29, 1.82) is 5.26 Å². The second-order valence-corrected chi connectivity index (χ2v) is 3.67. The van der Waals surface area contributed by atoms with Crippen LogP contribution < -0.4 is 10.6 Å². The lowest BCUT2D eigenvalue weighted by Gasteiger charge is -2.04. The zero-order valence-electron chi connectivity index (χ0n) is 10.1. The van der Waals surface area contributed by atoms with Gasteiger partial charge in [0.2, 0.25) is 0 Å². The Morgan fingerprint density at radius 1 is 1.44 bits per heavy atom. The molecule has 0 fully saturated rings. The van der Waals surface area contributed by atoms with Gasteiger partial charge in [-0.15, -0.1) is 0 Å². The number of nitrogens with one attached hydrogen (secondary N) is 2. The lowest BCUT2D eigenvalue weighted by atomic mass is 10.2. The summed E-state index contributed by atoms with van der Waals surface area (Å²) in [5.74, 6) is -0.480. The fourth-order valence-electron chi connectivity index (χ4n) is 1.22. The number of amides is 1. The highest BCUT2D eigenvalue weighted by atomic mass is 16.3. The smallest absolute Gasteiger partial charge is 0.267 e. The number of benzene rings is 1. The first-order valence-electron chi connectivity index (χ1n) is 5.50. The van der Waals surface area contributed by atoms with Crippen LogP contribution in [0.15, 0.2) is 36.0 Å². The average Bonchev–Trinajstić information content (AvgIpc) is 2.37. The predicted molar refractivity (Wildman–Crippen MR) is 68.6 cm³/mol. The van der Waals surface area contributed by atoms with Crippen molar-refractivity contribution in [3.05, 3.63) is 41.6 Å². The van der Waals surface area contributed by atoms with Crippen molar-refractivity contribution in [2.45, 2.75) is 6.92 Å². The molecule has 0 unspecified atom stereocenters. The molecule has 0 aliphatic heterocycles. The molecule has 18 heavy (non-hydrogen) atoms. The van der Waals surface area contributed by atoms with E-state index in [1.807, 2.05) is 19.1 Å². The van der Waals surface area contributed by atoms with Crippen molar-refractivity contribution in [3.63, 3.8) is 0 Å². The Labute approximate surface area is 106 Å². The molecule has 0 atom stereocenters. The summed E-state index contributed by atoms with van der Waals surface area (Å²) < 4.78 is 0. The van der Waals surface area contributed by atoms with E-state index in [1.165, 1.54) is 6.20 Å². The fraction of sp³-hybridized carbons (Fsp3) is 0.231. The van der Waals surface area contributed by atoms with Crippen LogP contribution in [0.1, 0.15) is 5.56 Å². The van der Waals surface area contributed by atoms with Crippen molar-refractivity contribution in [2.75, 3.05) is 18.5 Å². The first-order chi connectivity index (χ1) is 8.67. The first kappa shape index (κ1) is 13.7. The number of nitriles is 1. The third kappa shape index (κ3) is 4.28. The number of carbonyl (C=O) groups excluding carboxylic acids is 1. The van der Waals surface area contributed by atoms with Crippen LogP contribution in [0.5, 0.6) is 0 Å². The first-order valence-corrected chi connectivity index (χ1v) is 5.50. The number of nitrogens with zero attached hydrogens (tertiary/aromatic N) is 1. The molecule has 0 radical (unpaired) electrons. The number of rotatable bonds is 5. The molecular formula is C13H15N3O2. The Morgan fingerprint density at radius 3 is 2.67 bits per heavy atom. The molecule has 0 heterocycles. The van der Waals surface area contributed by atoms with Gasteiger partial charge in [0.15, 0.2) is 0 Å². The molecule has 0 saturated carbocycles. The fourth-order valence-corrected chi connectivity index (χ4v) is 1.22. The molecule has 0 spiro atoms. The normalized spacial score (nSPS) is 10.6. The molecule has 0 aliphatic carbocycles. The Balaban J connectivity index is 2.66. The highest BCUT2D eigenvalue weighted by Crippen LogP contribution is 2.09. The zero-order valence-corrected chi connectivity index (χ0v) is 10.1. The van der Waals surface area contributed by atoms with Crippen molar-refractivity contribution in [3.8, 4) is 6.07 Å². The van der Waals surface area contributed by atoms with Crippen LogP contribution in [0.2, 0.25) is 0 Å². The lowest BCUT2D eigenvalue weighted by Crippen LogP contribution is -2.18. The van der Waals surface area contributed by atoms with Gasteiger partial charge < -0.3 is 15.7 Å². The number of aliphatic hydroxyl groups is 1. The van der Waals surface area contributed by atoms with Gasteiger partial charge in [-0.3, -0.25) is 4.79 Å². The van der Waals surface area contributed by atoms with E-state index in [4.69, 9.17) is 10.4 Å². The van der Waals surface area contributed by atoms with E-state index in [9.17, 15) is 4.79 Å². The van der Waals surface area contributed by atoms with Crippen LogP contribution in [-0.2, 0) is 4.79 Å². The van der Waals surface area contributed by atoms with Crippen LogP contribution in [0.4, 0.5) is 5.69 Å². The monoisotopic (exact) mass is 245 g/mol. The van der Waals surface area contributed by atoms with E-state index < -0.39 is 5.91 Å². The number of carbonyl (C=O) groups is 1. The van der Waals surface area contributed by atoms with Crippen molar-refractivity contribution in [2.24, 2.45) is 0 Å². The molecule has 1 aromatic carbocycles. The van der Waals surface area contributed by atoms with Crippen LogP contribution in [-0.4, -0.2) is 24.2 Å². The van der Waals surface area contributed by atoms with E-state index in [-0.39, 0.29) is 12.2 Å². The van der Waals surface area contributed by atoms with E-state index in [0.29, 0.717) is 12.2 Å². The molecule has 0 aliphatic rings. The second-order valence-electron chi connectivity index (χ2n) is 3.67.